The third kappa shape index (κ3) is 3.27. The van der Waals surface area contributed by atoms with Crippen molar-refractivity contribution in [1.82, 2.24) is 10.3 Å². The van der Waals surface area contributed by atoms with Gasteiger partial charge >= 0.3 is 0 Å². The Bertz CT molecular complexity index is 550. The number of hydrogen-bond donors (Lipinski definition) is 1. The lowest BCUT2D eigenvalue weighted by Gasteiger charge is -2.19. The number of benzene rings is 1. The number of hydrogen-bond acceptors (Lipinski definition) is 2. The van der Waals surface area contributed by atoms with E-state index in [1.807, 2.05) is 31.3 Å². The molecular weight excluding hydrogens is 279 g/mol. The zero-order valence-electron chi connectivity index (χ0n) is 11.0. The Balaban J connectivity index is 2.32. The fraction of sp³-hybridized carbons (Fsp3) is 0.267. The zero-order valence-corrected chi connectivity index (χ0v) is 12.5. The molecule has 1 N–H and O–H groups in total. The lowest BCUT2D eigenvalue weighted by molar-refractivity contribution is 0.572. The minimum atomic E-state index is 0.0959. The fourth-order valence-electron chi connectivity index (χ4n) is 2.13. The molecule has 1 atom stereocenters. The van der Waals surface area contributed by atoms with E-state index in [-0.39, 0.29) is 6.04 Å². The van der Waals surface area contributed by atoms with Crippen LogP contribution in [0.5, 0.6) is 0 Å². The van der Waals surface area contributed by atoms with Crippen LogP contribution in [-0.2, 0) is 6.42 Å². The van der Waals surface area contributed by atoms with Gasteiger partial charge in [0.2, 0.25) is 0 Å². The van der Waals surface area contributed by atoms with Crippen LogP contribution < -0.4 is 5.32 Å². The summed E-state index contributed by atoms with van der Waals surface area (Å²) in [7, 11) is 1.92. The maximum atomic E-state index is 6.23. The third-order valence-electron chi connectivity index (χ3n) is 3.20. The number of aromatic nitrogens is 1. The molecule has 0 spiro atoms. The van der Waals surface area contributed by atoms with Gasteiger partial charge in [0.05, 0.1) is 11.7 Å². The first-order valence-corrected chi connectivity index (χ1v) is 6.90. The van der Waals surface area contributed by atoms with E-state index >= 15 is 0 Å². The monoisotopic (exact) mass is 294 g/mol. The van der Waals surface area contributed by atoms with E-state index in [1.165, 1.54) is 0 Å². The highest BCUT2D eigenvalue weighted by molar-refractivity contribution is 6.36. The second-order valence-electron chi connectivity index (χ2n) is 4.45. The van der Waals surface area contributed by atoms with E-state index in [9.17, 15) is 0 Å². The number of nitrogens with one attached hydrogen (secondary N) is 1. The summed E-state index contributed by atoms with van der Waals surface area (Å²) in [5.41, 5.74) is 3.14. The number of halogens is 2. The van der Waals surface area contributed by atoms with Gasteiger partial charge in [0.15, 0.2) is 0 Å². The average Bonchev–Trinajstić information content (AvgIpc) is 2.40. The molecule has 1 aromatic carbocycles. The van der Waals surface area contributed by atoms with Crippen molar-refractivity contribution in [2.75, 3.05) is 7.05 Å². The second kappa shape index (κ2) is 6.38. The number of likely N-dealkylation sites (N-methyl/N-ethyl adjacent to an activating group) is 1. The van der Waals surface area contributed by atoms with Crippen molar-refractivity contribution in [1.29, 1.82) is 0 Å². The van der Waals surface area contributed by atoms with Gasteiger partial charge in [0.1, 0.15) is 0 Å². The molecule has 2 rings (SSSR count). The van der Waals surface area contributed by atoms with Gasteiger partial charge in [-0.1, -0.05) is 35.3 Å². The highest BCUT2D eigenvalue weighted by atomic mass is 35.5. The van der Waals surface area contributed by atoms with E-state index in [2.05, 4.69) is 23.3 Å². The molecular formula is C15H16Cl2N2. The Kier molecular flexibility index (Phi) is 4.81. The van der Waals surface area contributed by atoms with Gasteiger partial charge in [0, 0.05) is 16.2 Å². The average molecular weight is 295 g/mol. The Labute approximate surface area is 123 Å². The van der Waals surface area contributed by atoms with Crippen molar-refractivity contribution < 1.29 is 0 Å². The van der Waals surface area contributed by atoms with E-state index in [0.717, 1.165) is 16.8 Å². The van der Waals surface area contributed by atoms with Gasteiger partial charge in [0.25, 0.3) is 0 Å². The summed E-state index contributed by atoms with van der Waals surface area (Å²) in [6.07, 6.45) is 2.52. The third-order valence-corrected chi connectivity index (χ3v) is 3.91. The summed E-state index contributed by atoms with van der Waals surface area (Å²) >= 11 is 12.5. The van der Waals surface area contributed by atoms with Crippen molar-refractivity contribution in [3.63, 3.8) is 0 Å². The van der Waals surface area contributed by atoms with Crippen molar-refractivity contribution in [3.05, 3.63) is 63.4 Å². The van der Waals surface area contributed by atoms with Gasteiger partial charge in [-0.25, -0.2) is 0 Å². The van der Waals surface area contributed by atoms with Gasteiger partial charge in [-0.05, 0) is 49.7 Å². The maximum absolute atomic E-state index is 6.23. The molecule has 0 saturated heterocycles. The number of aryl methyl sites for hydroxylation is 1. The van der Waals surface area contributed by atoms with Crippen molar-refractivity contribution >= 4 is 23.2 Å². The Morgan fingerprint density at radius 2 is 1.84 bits per heavy atom. The van der Waals surface area contributed by atoms with Crippen LogP contribution in [0.25, 0.3) is 0 Å². The molecule has 0 aliphatic carbocycles. The molecule has 1 aromatic heterocycles. The van der Waals surface area contributed by atoms with Crippen molar-refractivity contribution in [2.45, 2.75) is 19.4 Å². The number of nitrogens with zero attached hydrogens (tertiary/aromatic N) is 1. The van der Waals surface area contributed by atoms with Crippen molar-refractivity contribution in [3.8, 4) is 0 Å². The molecule has 2 aromatic rings. The minimum absolute atomic E-state index is 0.0959. The first kappa shape index (κ1) is 14.3. The molecule has 0 aliphatic rings. The molecule has 0 fully saturated rings. The summed E-state index contributed by atoms with van der Waals surface area (Å²) in [5.74, 6) is 0. The summed E-state index contributed by atoms with van der Waals surface area (Å²) in [6.45, 7) is 2.06. The van der Waals surface area contributed by atoms with Crippen LogP contribution in [0.1, 0.15) is 22.9 Å². The van der Waals surface area contributed by atoms with Crippen LogP contribution in [0, 0.1) is 6.92 Å². The summed E-state index contributed by atoms with van der Waals surface area (Å²) in [4.78, 5) is 4.46. The predicted molar refractivity (Wildman–Crippen MR) is 80.9 cm³/mol. The lowest BCUT2D eigenvalue weighted by atomic mass is 10.00. The molecule has 0 saturated carbocycles. The number of rotatable bonds is 4. The SMILES string of the molecule is CNC(Cc1c(Cl)cccc1Cl)c1ncccc1C. The summed E-state index contributed by atoms with van der Waals surface area (Å²) in [5, 5.41) is 4.67. The summed E-state index contributed by atoms with van der Waals surface area (Å²) in [6, 6.07) is 9.67. The number of pyridine rings is 1. The Hall–Kier alpha value is -1.09. The van der Waals surface area contributed by atoms with Crippen LogP contribution in [0.4, 0.5) is 0 Å². The van der Waals surface area contributed by atoms with E-state index in [0.29, 0.717) is 16.5 Å². The minimum Gasteiger partial charge on any atom is -0.311 e. The Morgan fingerprint density at radius 3 is 2.42 bits per heavy atom. The van der Waals surface area contributed by atoms with Crippen LogP contribution >= 0.6 is 23.2 Å². The second-order valence-corrected chi connectivity index (χ2v) is 5.27. The molecule has 1 unspecified atom stereocenters. The van der Waals surface area contributed by atoms with Gasteiger partial charge in [-0.3, -0.25) is 4.98 Å². The highest BCUT2D eigenvalue weighted by Crippen LogP contribution is 2.29. The molecule has 0 radical (unpaired) electrons. The van der Waals surface area contributed by atoms with Crippen molar-refractivity contribution in [2.24, 2.45) is 0 Å². The van der Waals surface area contributed by atoms with Gasteiger partial charge < -0.3 is 5.32 Å². The molecule has 19 heavy (non-hydrogen) atoms. The lowest BCUT2D eigenvalue weighted by Crippen LogP contribution is -2.21. The zero-order chi connectivity index (χ0) is 13.8. The topological polar surface area (TPSA) is 24.9 Å². The molecule has 0 aliphatic heterocycles. The Morgan fingerprint density at radius 1 is 1.16 bits per heavy atom. The van der Waals surface area contributed by atoms with E-state index in [4.69, 9.17) is 23.2 Å². The summed E-state index contributed by atoms with van der Waals surface area (Å²) < 4.78 is 0. The smallest absolute Gasteiger partial charge is 0.0605 e. The van der Waals surface area contributed by atoms with Gasteiger partial charge in [-0.15, -0.1) is 0 Å². The molecule has 1 heterocycles. The quantitative estimate of drug-likeness (QED) is 0.914. The first-order chi connectivity index (χ1) is 9.13. The van der Waals surface area contributed by atoms with Crippen LogP contribution in [-0.4, -0.2) is 12.0 Å². The molecule has 0 bridgehead atoms. The van der Waals surface area contributed by atoms with Gasteiger partial charge in [-0.2, -0.15) is 0 Å². The molecule has 2 nitrogen and oxygen atoms in total. The maximum Gasteiger partial charge on any atom is 0.0605 e. The largest absolute Gasteiger partial charge is 0.311 e. The van der Waals surface area contributed by atoms with E-state index < -0.39 is 0 Å². The molecule has 4 heteroatoms. The van der Waals surface area contributed by atoms with Crippen LogP contribution in [0.3, 0.4) is 0 Å². The van der Waals surface area contributed by atoms with E-state index in [1.54, 1.807) is 6.20 Å². The standard InChI is InChI=1S/C15H16Cl2N2/c1-10-5-4-8-19-15(10)14(18-2)9-11-12(16)6-3-7-13(11)17/h3-8,14,18H,9H2,1-2H3. The fourth-order valence-corrected chi connectivity index (χ4v) is 2.68. The highest BCUT2D eigenvalue weighted by Gasteiger charge is 2.17. The molecule has 0 amide bonds. The van der Waals surface area contributed by atoms with Crippen LogP contribution in [0.2, 0.25) is 10.0 Å². The first-order valence-electron chi connectivity index (χ1n) is 6.15. The predicted octanol–water partition coefficient (Wildman–Crippen LogP) is 4.20. The van der Waals surface area contributed by atoms with Crippen LogP contribution in [0.15, 0.2) is 36.5 Å². The normalized spacial score (nSPS) is 12.4. The molecule has 100 valence electrons.